The molecule has 0 radical (unpaired) electrons. The van der Waals surface area contributed by atoms with Crippen molar-refractivity contribution < 1.29 is 4.74 Å². The van der Waals surface area contributed by atoms with Crippen molar-refractivity contribution in [1.29, 1.82) is 0 Å². The molecule has 88 valence electrons. The summed E-state index contributed by atoms with van der Waals surface area (Å²) in [6.07, 6.45) is 3.42. The first-order valence-electron chi connectivity index (χ1n) is 5.47. The van der Waals surface area contributed by atoms with E-state index in [0.29, 0.717) is 6.54 Å². The number of nitrogens with zero attached hydrogens (tertiary/aromatic N) is 3. The minimum Gasteiger partial charge on any atom is -0.359 e. The van der Waals surface area contributed by atoms with Crippen LogP contribution in [-0.4, -0.2) is 20.9 Å². The molecular formula is C12H12ClN3O. The predicted molar refractivity (Wildman–Crippen MR) is 63.7 cm³/mol. The summed E-state index contributed by atoms with van der Waals surface area (Å²) in [5, 5.41) is 4.85. The number of aromatic nitrogens is 3. The van der Waals surface area contributed by atoms with Gasteiger partial charge in [-0.3, -0.25) is 0 Å². The van der Waals surface area contributed by atoms with Crippen molar-refractivity contribution in [2.75, 3.05) is 0 Å². The van der Waals surface area contributed by atoms with Crippen LogP contribution in [0.5, 0.6) is 0 Å². The van der Waals surface area contributed by atoms with Gasteiger partial charge in [-0.05, 0) is 24.6 Å². The first-order valence-corrected chi connectivity index (χ1v) is 5.85. The van der Waals surface area contributed by atoms with Crippen LogP contribution in [0.4, 0.5) is 0 Å². The van der Waals surface area contributed by atoms with Crippen molar-refractivity contribution in [3.05, 3.63) is 47.5 Å². The van der Waals surface area contributed by atoms with Gasteiger partial charge in [-0.15, -0.1) is 0 Å². The van der Waals surface area contributed by atoms with Crippen molar-refractivity contribution >= 4 is 11.6 Å². The second-order valence-corrected chi connectivity index (χ2v) is 4.69. The molecule has 0 saturated carbocycles. The maximum absolute atomic E-state index is 5.89. The lowest BCUT2D eigenvalue weighted by atomic mass is 9.96. The van der Waals surface area contributed by atoms with Gasteiger partial charge in [-0.2, -0.15) is 5.10 Å². The number of hydrogen-bond acceptors (Lipinski definition) is 3. The highest BCUT2D eigenvalue weighted by molar-refractivity contribution is 6.30. The zero-order valence-corrected chi connectivity index (χ0v) is 10.1. The zero-order chi connectivity index (χ0) is 11.9. The molecule has 1 aromatic carbocycles. The van der Waals surface area contributed by atoms with Crippen LogP contribution >= 0.6 is 11.6 Å². The summed E-state index contributed by atoms with van der Waals surface area (Å²) < 4.78 is 7.56. The normalized spacial score (nSPS) is 27.1. The Labute approximate surface area is 104 Å². The Hall–Kier alpha value is -1.39. The van der Waals surface area contributed by atoms with Crippen molar-refractivity contribution in [2.45, 2.75) is 25.2 Å². The highest BCUT2D eigenvalue weighted by Crippen LogP contribution is 2.47. The summed E-state index contributed by atoms with van der Waals surface area (Å²) in [5.41, 5.74) is 0.850. The molecule has 0 amide bonds. The lowest BCUT2D eigenvalue weighted by Gasteiger charge is -2.13. The molecule has 0 spiro atoms. The van der Waals surface area contributed by atoms with Crippen LogP contribution in [0.15, 0.2) is 36.9 Å². The zero-order valence-electron chi connectivity index (χ0n) is 9.38. The van der Waals surface area contributed by atoms with Gasteiger partial charge in [-0.25, -0.2) is 9.67 Å². The Kier molecular flexibility index (Phi) is 2.42. The Bertz CT molecular complexity index is 511. The van der Waals surface area contributed by atoms with Crippen LogP contribution in [0.25, 0.3) is 0 Å². The summed E-state index contributed by atoms with van der Waals surface area (Å²) in [4.78, 5) is 3.94. The SMILES string of the molecule is C[C@@H]1OC1(Cn1cncn1)c1ccc(Cl)cc1. The minimum atomic E-state index is -0.279. The van der Waals surface area contributed by atoms with E-state index in [9.17, 15) is 0 Å². The van der Waals surface area contributed by atoms with E-state index in [1.54, 1.807) is 11.0 Å². The third-order valence-electron chi connectivity index (χ3n) is 3.18. The Morgan fingerprint density at radius 2 is 2.12 bits per heavy atom. The quantitative estimate of drug-likeness (QED) is 0.784. The number of rotatable bonds is 3. The number of halogens is 1. The molecule has 1 fully saturated rings. The smallest absolute Gasteiger partial charge is 0.139 e. The highest BCUT2D eigenvalue weighted by atomic mass is 35.5. The molecule has 1 saturated heterocycles. The third kappa shape index (κ3) is 1.83. The molecule has 2 heterocycles. The van der Waals surface area contributed by atoms with E-state index >= 15 is 0 Å². The van der Waals surface area contributed by atoms with E-state index in [4.69, 9.17) is 16.3 Å². The number of epoxide rings is 1. The molecule has 0 bridgehead atoms. The van der Waals surface area contributed by atoms with Crippen molar-refractivity contribution in [1.82, 2.24) is 14.8 Å². The van der Waals surface area contributed by atoms with Gasteiger partial charge in [-0.1, -0.05) is 23.7 Å². The van der Waals surface area contributed by atoms with Crippen molar-refractivity contribution in [3.63, 3.8) is 0 Å². The fraction of sp³-hybridized carbons (Fsp3) is 0.333. The van der Waals surface area contributed by atoms with Crippen LogP contribution in [0.2, 0.25) is 5.02 Å². The largest absolute Gasteiger partial charge is 0.359 e. The summed E-state index contributed by atoms with van der Waals surface area (Å²) in [7, 11) is 0. The van der Waals surface area contributed by atoms with Gasteiger partial charge < -0.3 is 4.74 Å². The molecule has 0 N–H and O–H groups in total. The fourth-order valence-electron chi connectivity index (χ4n) is 2.13. The van der Waals surface area contributed by atoms with Crippen LogP contribution in [0.1, 0.15) is 12.5 Å². The molecule has 2 atom stereocenters. The highest BCUT2D eigenvalue weighted by Gasteiger charge is 2.55. The summed E-state index contributed by atoms with van der Waals surface area (Å²) in [6, 6.07) is 7.77. The average Bonchev–Trinajstić information content (AvgIpc) is 2.76. The molecule has 4 nitrogen and oxygen atoms in total. The molecule has 1 aliphatic rings. The predicted octanol–water partition coefficient (Wildman–Crippen LogP) is 2.25. The minimum absolute atomic E-state index is 0.188. The fourth-order valence-corrected chi connectivity index (χ4v) is 2.25. The monoisotopic (exact) mass is 249 g/mol. The van der Waals surface area contributed by atoms with Gasteiger partial charge in [0.25, 0.3) is 0 Å². The number of hydrogen-bond donors (Lipinski definition) is 0. The lowest BCUT2D eigenvalue weighted by Crippen LogP contribution is -2.20. The molecule has 0 aliphatic carbocycles. The molecule has 3 rings (SSSR count). The first-order chi connectivity index (χ1) is 8.21. The van der Waals surface area contributed by atoms with Gasteiger partial charge in [0.05, 0.1) is 12.6 Å². The van der Waals surface area contributed by atoms with Gasteiger partial charge in [0.1, 0.15) is 18.3 Å². The second-order valence-electron chi connectivity index (χ2n) is 4.25. The molecule has 1 aliphatic heterocycles. The van der Waals surface area contributed by atoms with E-state index in [1.807, 2.05) is 24.3 Å². The Morgan fingerprint density at radius 1 is 1.41 bits per heavy atom. The molecule has 1 aromatic heterocycles. The standard InChI is InChI=1S/C12H12ClN3O/c1-9-12(17-9,6-16-8-14-7-15-16)10-2-4-11(13)5-3-10/h2-5,7-9H,6H2,1H3/t9-,12?/m0/s1. The summed E-state index contributed by atoms with van der Waals surface area (Å²) in [6.45, 7) is 2.74. The Morgan fingerprint density at radius 3 is 2.65 bits per heavy atom. The molecule has 2 aromatic rings. The topological polar surface area (TPSA) is 43.2 Å². The third-order valence-corrected chi connectivity index (χ3v) is 3.43. The van der Waals surface area contributed by atoms with Crippen molar-refractivity contribution in [3.8, 4) is 0 Å². The number of ether oxygens (including phenoxy) is 1. The van der Waals surface area contributed by atoms with E-state index in [0.717, 1.165) is 10.6 Å². The Balaban J connectivity index is 1.90. The van der Waals surface area contributed by atoms with Crippen LogP contribution in [0.3, 0.4) is 0 Å². The summed E-state index contributed by atoms with van der Waals surface area (Å²) in [5.74, 6) is 0. The summed E-state index contributed by atoms with van der Waals surface area (Å²) >= 11 is 5.89. The second kappa shape index (κ2) is 3.82. The van der Waals surface area contributed by atoms with E-state index in [2.05, 4.69) is 17.0 Å². The van der Waals surface area contributed by atoms with Crippen LogP contribution < -0.4 is 0 Å². The van der Waals surface area contributed by atoms with Gasteiger partial charge in [0.15, 0.2) is 0 Å². The molecule has 17 heavy (non-hydrogen) atoms. The van der Waals surface area contributed by atoms with Gasteiger partial charge in [0.2, 0.25) is 0 Å². The number of benzene rings is 1. The van der Waals surface area contributed by atoms with E-state index in [-0.39, 0.29) is 11.7 Å². The van der Waals surface area contributed by atoms with Crippen LogP contribution in [-0.2, 0) is 16.9 Å². The lowest BCUT2D eigenvalue weighted by molar-refractivity contribution is 0.263. The molecule has 1 unspecified atom stereocenters. The van der Waals surface area contributed by atoms with Crippen LogP contribution in [0, 0.1) is 0 Å². The average molecular weight is 250 g/mol. The van der Waals surface area contributed by atoms with E-state index < -0.39 is 0 Å². The molecule has 5 heteroatoms. The maximum Gasteiger partial charge on any atom is 0.139 e. The first kappa shape index (κ1) is 10.7. The maximum atomic E-state index is 5.89. The van der Waals surface area contributed by atoms with Gasteiger partial charge in [0, 0.05) is 5.02 Å². The van der Waals surface area contributed by atoms with Crippen molar-refractivity contribution in [2.24, 2.45) is 0 Å². The van der Waals surface area contributed by atoms with E-state index in [1.165, 1.54) is 6.33 Å². The molecular weight excluding hydrogens is 238 g/mol. The van der Waals surface area contributed by atoms with Gasteiger partial charge >= 0.3 is 0 Å².